The number of ether oxygens (including phenoxy) is 1. The van der Waals surface area contributed by atoms with Crippen LogP contribution >= 0.6 is 0 Å². The molecule has 1 N–H and O–H groups in total. The van der Waals surface area contributed by atoms with Gasteiger partial charge in [0.1, 0.15) is 12.3 Å². The average molecular weight is 335 g/mol. The number of rotatable bonds is 2. The molecule has 0 unspecified atom stereocenters. The summed E-state index contributed by atoms with van der Waals surface area (Å²) in [7, 11) is 0. The lowest BCUT2D eigenvalue weighted by atomic mass is 10.0. The molecule has 10 heteroatoms. The van der Waals surface area contributed by atoms with Gasteiger partial charge < -0.3 is 9.64 Å². The van der Waals surface area contributed by atoms with Crippen LogP contribution in [0.3, 0.4) is 0 Å². The first-order valence-electron chi connectivity index (χ1n) is 6.49. The van der Waals surface area contributed by atoms with Gasteiger partial charge in [0.15, 0.2) is 0 Å². The lowest BCUT2D eigenvalue weighted by Crippen LogP contribution is -2.56. The quantitative estimate of drug-likeness (QED) is 0.846. The smallest absolute Gasteiger partial charge is 0.428 e. The summed E-state index contributed by atoms with van der Waals surface area (Å²) in [5, 5.41) is 3.63. The normalized spacial score (nSPS) is 20.3. The summed E-state index contributed by atoms with van der Waals surface area (Å²) in [6.45, 7) is -1.78. The molecule has 23 heavy (non-hydrogen) atoms. The molecule has 1 saturated heterocycles. The van der Waals surface area contributed by atoms with Crippen LogP contribution in [0.1, 0.15) is 11.1 Å². The lowest BCUT2D eigenvalue weighted by Gasteiger charge is -2.41. The SMILES string of the molecule is O=C1NN=C(c2ccc(N3CC(F)(F)C3)c(C(F)(F)F)c2)CO1. The van der Waals surface area contributed by atoms with Gasteiger partial charge in [-0.1, -0.05) is 6.07 Å². The van der Waals surface area contributed by atoms with Crippen LogP contribution in [-0.2, 0) is 10.9 Å². The number of hydrazone groups is 1. The zero-order valence-electron chi connectivity index (χ0n) is 11.5. The molecule has 3 rings (SSSR count). The van der Waals surface area contributed by atoms with E-state index in [1.165, 1.54) is 6.07 Å². The highest BCUT2D eigenvalue weighted by Crippen LogP contribution is 2.41. The number of hydrogen-bond acceptors (Lipinski definition) is 4. The molecular weight excluding hydrogens is 325 g/mol. The molecule has 0 atom stereocenters. The number of nitrogens with zero attached hydrogens (tertiary/aromatic N) is 2. The Morgan fingerprint density at radius 2 is 1.96 bits per heavy atom. The van der Waals surface area contributed by atoms with Gasteiger partial charge >= 0.3 is 12.3 Å². The lowest BCUT2D eigenvalue weighted by molar-refractivity contribution is -0.137. The van der Waals surface area contributed by atoms with Gasteiger partial charge in [-0.3, -0.25) is 0 Å². The molecule has 1 aromatic rings. The standard InChI is InChI=1S/C13H10F5N3O2/c14-12(15)5-21(6-12)10-2-1-7(3-8(10)13(16,17)18)9-4-23-11(22)20-19-9/h1-3H,4-6H2,(H,20,22). The van der Waals surface area contributed by atoms with Gasteiger partial charge in [-0.15, -0.1) is 0 Å². The second kappa shape index (κ2) is 5.07. The van der Waals surface area contributed by atoms with E-state index in [0.29, 0.717) is 0 Å². The maximum atomic E-state index is 13.2. The van der Waals surface area contributed by atoms with E-state index in [1.54, 1.807) is 0 Å². The first kappa shape index (κ1) is 15.5. The summed E-state index contributed by atoms with van der Waals surface area (Å²) >= 11 is 0. The largest absolute Gasteiger partial charge is 0.442 e. The van der Waals surface area contributed by atoms with Crippen LogP contribution in [0.5, 0.6) is 0 Å². The van der Waals surface area contributed by atoms with E-state index < -0.39 is 36.8 Å². The first-order chi connectivity index (χ1) is 10.7. The molecule has 0 saturated carbocycles. The maximum absolute atomic E-state index is 13.2. The second-order valence-electron chi connectivity index (χ2n) is 5.19. The molecule has 2 aliphatic heterocycles. The molecule has 1 fully saturated rings. The van der Waals surface area contributed by atoms with E-state index >= 15 is 0 Å². The van der Waals surface area contributed by atoms with Crippen LogP contribution in [0.2, 0.25) is 0 Å². The predicted octanol–water partition coefficient (Wildman–Crippen LogP) is 2.60. The Labute approximate surface area is 126 Å². The van der Waals surface area contributed by atoms with Gasteiger partial charge in [0.25, 0.3) is 5.92 Å². The van der Waals surface area contributed by atoms with E-state index in [4.69, 9.17) is 0 Å². The van der Waals surface area contributed by atoms with Crippen molar-refractivity contribution < 1.29 is 31.5 Å². The molecule has 124 valence electrons. The van der Waals surface area contributed by atoms with Crippen LogP contribution in [-0.4, -0.2) is 37.4 Å². The van der Waals surface area contributed by atoms with Crippen molar-refractivity contribution in [3.8, 4) is 0 Å². The van der Waals surface area contributed by atoms with E-state index in [9.17, 15) is 26.7 Å². The fraction of sp³-hybridized carbons (Fsp3) is 0.385. The number of amides is 1. The molecule has 0 bridgehead atoms. The minimum atomic E-state index is -4.71. The van der Waals surface area contributed by atoms with Crippen molar-refractivity contribution in [2.45, 2.75) is 12.1 Å². The molecule has 1 amide bonds. The summed E-state index contributed by atoms with van der Waals surface area (Å²) in [6, 6.07) is 3.25. The molecule has 2 aliphatic rings. The zero-order chi connectivity index (χ0) is 16.8. The van der Waals surface area contributed by atoms with Crippen LogP contribution in [0, 0.1) is 0 Å². The topological polar surface area (TPSA) is 53.9 Å². The summed E-state index contributed by atoms with van der Waals surface area (Å²) in [6.07, 6.45) is -5.51. The summed E-state index contributed by atoms with van der Waals surface area (Å²) in [5.74, 6) is -2.98. The van der Waals surface area contributed by atoms with Gasteiger partial charge in [-0.25, -0.2) is 19.0 Å². The Morgan fingerprint density at radius 1 is 1.26 bits per heavy atom. The third-order valence-corrected chi connectivity index (χ3v) is 3.44. The van der Waals surface area contributed by atoms with Crippen molar-refractivity contribution in [2.24, 2.45) is 5.10 Å². The Bertz CT molecular complexity index is 679. The monoisotopic (exact) mass is 335 g/mol. The van der Waals surface area contributed by atoms with Crippen molar-refractivity contribution in [1.29, 1.82) is 0 Å². The Kier molecular flexibility index (Phi) is 3.42. The molecule has 1 aromatic carbocycles. The van der Waals surface area contributed by atoms with Crippen molar-refractivity contribution in [1.82, 2.24) is 5.43 Å². The van der Waals surface area contributed by atoms with Gasteiger partial charge in [-0.2, -0.15) is 18.3 Å². The predicted molar refractivity (Wildman–Crippen MR) is 69.6 cm³/mol. The molecule has 0 aromatic heterocycles. The molecule has 5 nitrogen and oxygen atoms in total. The Morgan fingerprint density at radius 3 is 2.48 bits per heavy atom. The van der Waals surface area contributed by atoms with Gasteiger partial charge in [0, 0.05) is 11.3 Å². The number of carbonyl (C=O) groups excluding carboxylic acids is 1. The van der Waals surface area contributed by atoms with Gasteiger partial charge in [0.2, 0.25) is 0 Å². The molecule has 0 radical (unpaired) electrons. The highest BCUT2D eigenvalue weighted by molar-refractivity contribution is 6.04. The summed E-state index contributed by atoms with van der Waals surface area (Å²) < 4.78 is 70.1. The van der Waals surface area contributed by atoms with Crippen molar-refractivity contribution in [2.75, 3.05) is 24.6 Å². The molecule has 2 heterocycles. The Balaban J connectivity index is 1.95. The number of alkyl halides is 5. The first-order valence-corrected chi connectivity index (χ1v) is 6.49. The van der Waals surface area contributed by atoms with Crippen LogP contribution < -0.4 is 10.3 Å². The fourth-order valence-electron chi connectivity index (χ4n) is 2.36. The molecule has 0 spiro atoms. The number of cyclic esters (lactones) is 1. The minimum absolute atomic E-state index is 0.0911. The van der Waals surface area contributed by atoms with Crippen LogP contribution in [0.4, 0.5) is 32.4 Å². The number of hydrogen-bond donors (Lipinski definition) is 1. The van der Waals surface area contributed by atoms with E-state index in [-0.39, 0.29) is 23.6 Å². The van der Waals surface area contributed by atoms with Crippen LogP contribution in [0.15, 0.2) is 23.3 Å². The van der Waals surface area contributed by atoms with Crippen molar-refractivity contribution in [3.63, 3.8) is 0 Å². The second-order valence-corrected chi connectivity index (χ2v) is 5.19. The van der Waals surface area contributed by atoms with Gasteiger partial charge in [-0.05, 0) is 12.1 Å². The summed E-state index contributed by atoms with van der Waals surface area (Å²) in [5.41, 5.74) is 0.845. The Hall–Kier alpha value is -2.39. The molecular formula is C13H10F5N3O2. The third kappa shape index (κ3) is 3.06. The van der Waals surface area contributed by atoms with Crippen LogP contribution in [0.25, 0.3) is 0 Å². The van der Waals surface area contributed by atoms with Crippen molar-refractivity contribution in [3.05, 3.63) is 29.3 Å². The maximum Gasteiger partial charge on any atom is 0.428 e. The number of nitrogens with one attached hydrogen (secondary N) is 1. The highest BCUT2D eigenvalue weighted by atomic mass is 19.4. The number of carbonyl (C=O) groups is 1. The molecule has 0 aliphatic carbocycles. The number of benzene rings is 1. The fourth-order valence-corrected chi connectivity index (χ4v) is 2.36. The van der Waals surface area contributed by atoms with E-state index in [2.05, 4.69) is 9.84 Å². The van der Waals surface area contributed by atoms with Gasteiger partial charge in [0.05, 0.1) is 18.7 Å². The number of halogens is 5. The van der Waals surface area contributed by atoms with E-state index in [1.807, 2.05) is 5.43 Å². The zero-order valence-corrected chi connectivity index (χ0v) is 11.5. The summed E-state index contributed by atoms with van der Waals surface area (Å²) in [4.78, 5) is 11.8. The van der Waals surface area contributed by atoms with E-state index in [0.717, 1.165) is 17.0 Å². The minimum Gasteiger partial charge on any atom is -0.442 e. The average Bonchev–Trinajstić information content (AvgIpc) is 2.44. The van der Waals surface area contributed by atoms with Crippen molar-refractivity contribution >= 4 is 17.5 Å². The third-order valence-electron chi connectivity index (χ3n) is 3.44. The highest BCUT2D eigenvalue weighted by Gasteiger charge is 2.47. The number of anilines is 1.